The van der Waals surface area contributed by atoms with Crippen molar-refractivity contribution in [2.75, 3.05) is 5.32 Å². The molecule has 0 aliphatic heterocycles. The van der Waals surface area contributed by atoms with Gasteiger partial charge in [-0.05, 0) is 36.8 Å². The summed E-state index contributed by atoms with van der Waals surface area (Å²) in [5.41, 5.74) is 3.63. The maximum Gasteiger partial charge on any atom is 0.228 e. The topological polar surface area (TPSA) is 42.0 Å². The van der Waals surface area contributed by atoms with Crippen LogP contribution >= 0.6 is 22.9 Å². The lowest BCUT2D eigenvalue weighted by molar-refractivity contribution is -0.115. The molecule has 1 aromatic heterocycles. The molecule has 23 heavy (non-hydrogen) atoms. The van der Waals surface area contributed by atoms with Crippen LogP contribution in [0.2, 0.25) is 5.02 Å². The number of amides is 1. The molecule has 0 unspecified atom stereocenters. The van der Waals surface area contributed by atoms with Crippen LogP contribution in [0.25, 0.3) is 11.3 Å². The average Bonchev–Trinajstić information content (AvgIpc) is 2.96. The normalized spacial score (nSPS) is 10.5. The average molecular weight is 343 g/mol. The number of aryl methyl sites for hydroxylation is 1. The first kappa shape index (κ1) is 15.7. The van der Waals surface area contributed by atoms with Crippen molar-refractivity contribution in [3.63, 3.8) is 0 Å². The number of nitrogens with zero attached hydrogens (tertiary/aromatic N) is 1. The zero-order valence-electron chi connectivity index (χ0n) is 12.5. The molecule has 0 atom stereocenters. The number of benzene rings is 2. The summed E-state index contributed by atoms with van der Waals surface area (Å²) in [6.07, 6.45) is 0.317. The van der Waals surface area contributed by atoms with Crippen LogP contribution in [-0.2, 0) is 11.2 Å². The summed E-state index contributed by atoms with van der Waals surface area (Å²) in [5, 5.41) is 6.64. The monoisotopic (exact) mass is 342 g/mol. The summed E-state index contributed by atoms with van der Waals surface area (Å²) in [4.78, 5) is 16.6. The Bertz CT molecular complexity index is 827. The van der Waals surface area contributed by atoms with Gasteiger partial charge in [0.25, 0.3) is 0 Å². The lowest BCUT2D eigenvalue weighted by Crippen LogP contribution is -2.14. The van der Waals surface area contributed by atoms with Crippen molar-refractivity contribution < 1.29 is 4.79 Å². The molecule has 0 saturated carbocycles. The number of anilines is 1. The van der Waals surface area contributed by atoms with Crippen LogP contribution in [0.3, 0.4) is 0 Å². The molecule has 5 heteroatoms. The minimum Gasteiger partial charge on any atom is -0.326 e. The number of carbonyl (C=O) groups is 1. The Morgan fingerprint density at radius 2 is 2.00 bits per heavy atom. The van der Waals surface area contributed by atoms with Crippen molar-refractivity contribution in [3.05, 3.63) is 69.5 Å². The van der Waals surface area contributed by atoms with Crippen LogP contribution in [-0.4, -0.2) is 10.9 Å². The maximum absolute atomic E-state index is 12.2. The molecule has 0 spiro atoms. The highest BCUT2D eigenvalue weighted by Gasteiger charge is 2.07. The van der Waals surface area contributed by atoms with E-state index in [0.717, 1.165) is 27.5 Å². The van der Waals surface area contributed by atoms with Crippen LogP contribution in [0, 0.1) is 6.92 Å². The van der Waals surface area contributed by atoms with Gasteiger partial charge in [-0.25, -0.2) is 4.98 Å². The molecule has 3 rings (SSSR count). The highest BCUT2D eigenvalue weighted by atomic mass is 35.5. The van der Waals surface area contributed by atoms with Crippen LogP contribution in [0.4, 0.5) is 5.69 Å². The molecule has 0 radical (unpaired) electrons. The summed E-state index contributed by atoms with van der Waals surface area (Å²) in [5.74, 6) is -0.0565. The summed E-state index contributed by atoms with van der Waals surface area (Å²) in [6.45, 7) is 1.98. The predicted octanol–water partition coefficient (Wildman–Crippen LogP) is 4.95. The second-order valence-electron chi connectivity index (χ2n) is 5.18. The molecule has 2 aromatic carbocycles. The number of carbonyl (C=O) groups excluding carboxylic acids is 1. The van der Waals surface area contributed by atoms with Gasteiger partial charge in [0.2, 0.25) is 5.91 Å². The quantitative estimate of drug-likeness (QED) is 0.728. The second kappa shape index (κ2) is 6.94. The van der Waals surface area contributed by atoms with E-state index >= 15 is 0 Å². The van der Waals surface area contributed by atoms with Crippen LogP contribution in [0.15, 0.2) is 53.9 Å². The highest BCUT2D eigenvalue weighted by Crippen LogP contribution is 2.24. The van der Waals surface area contributed by atoms with Crippen molar-refractivity contribution in [3.8, 4) is 11.3 Å². The first-order valence-electron chi connectivity index (χ1n) is 7.17. The van der Waals surface area contributed by atoms with E-state index in [4.69, 9.17) is 11.6 Å². The van der Waals surface area contributed by atoms with Crippen molar-refractivity contribution in [2.45, 2.75) is 13.3 Å². The highest BCUT2D eigenvalue weighted by molar-refractivity contribution is 7.09. The molecule has 0 saturated heterocycles. The van der Waals surface area contributed by atoms with Gasteiger partial charge in [0, 0.05) is 21.7 Å². The Balaban J connectivity index is 1.70. The van der Waals surface area contributed by atoms with E-state index in [1.165, 1.54) is 0 Å². The van der Waals surface area contributed by atoms with E-state index in [2.05, 4.69) is 10.3 Å². The third kappa shape index (κ3) is 4.18. The van der Waals surface area contributed by atoms with Crippen molar-refractivity contribution in [2.24, 2.45) is 0 Å². The summed E-state index contributed by atoms with van der Waals surface area (Å²) < 4.78 is 0. The van der Waals surface area contributed by atoms with Crippen LogP contribution in [0.5, 0.6) is 0 Å². The molecular weight excluding hydrogens is 328 g/mol. The fourth-order valence-electron chi connectivity index (χ4n) is 2.25. The predicted molar refractivity (Wildman–Crippen MR) is 96.1 cm³/mol. The van der Waals surface area contributed by atoms with E-state index in [1.54, 1.807) is 23.5 Å². The van der Waals surface area contributed by atoms with Gasteiger partial charge in [-0.2, -0.15) is 0 Å². The molecule has 1 N–H and O–H groups in total. The Hall–Kier alpha value is -2.17. The van der Waals surface area contributed by atoms with E-state index in [9.17, 15) is 4.79 Å². The van der Waals surface area contributed by atoms with E-state index in [1.807, 2.05) is 48.7 Å². The van der Waals surface area contributed by atoms with Crippen LogP contribution < -0.4 is 5.32 Å². The fourth-order valence-corrected chi connectivity index (χ4v) is 2.99. The molecule has 116 valence electrons. The molecule has 3 aromatic rings. The fraction of sp³-hybridized carbons (Fsp3) is 0.111. The van der Waals surface area contributed by atoms with Crippen molar-refractivity contribution >= 4 is 34.5 Å². The summed E-state index contributed by atoms with van der Waals surface area (Å²) >= 11 is 7.46. The summed E-state index contributed by atoms with van der Waals surface area (Å²) in [6, 6.07) is 15.0. The van der Waals surface area contributed by atoms with Gasteiger partial charge in [0.1, 0.15) is 0 Å². The number of hydrogen-bond acceptors (Lipinski definition) is 3. The number of thiazole rings is 1. The Morgan fingerprint density at radius 1 is 1.22 bits per heavy atom. The van der Waals surface area contributed by atoms with Gasteiger partial charge < -0.3 is 5.32 Å². The minimum absolute atomic E-state index is 0.0565. The Labute approximate surface area is 144 Å². The van der Waals surface area contributed by atoms with Gasteiger partial charge in [-0.15, -0.1) is 11.3 Å². The third-order valence-electron chi connectivity index (χ3n) is 3.34. The largest absolute Gasteiger partial charge is 0.326 e. The number of aromatic nitrogens is 1. The smallest absolute Gasteiger partial charge is 0.228 e. The SMILES string of the molecule is Cc1nc(-c2cccc(NC(=O)Cc3ccc(Cl)cc3)c2)cs1. The Morgan fingerprint density at radius 3 is 2.70 bits per heavy atom. The van der Waals surface area contributed by atoms with Crippen molar-refractivity contribution in [1.82, 2.24) is 4.98 Å². The molecule has 0 bridgehead atoms. The number of hydrogen-bond donors (Lipinski definition) is 1. The zero-order valence-corrected chi connectivity index (χ0v) is 14.1. The third-order valence-corrected chi connectivity index (χ3v) is 4.36. The Kier molecular flexibility index (Phi) is 4.74. The second-order valence-corrected chi connectivity index (χ2v) is 6.68. The zero-order chi connectivity index (χ0) is 16.2. The van der Waals surface area contributed by atoms with Gasteiger partial charge in [0.15, 0.2) is 0 Å². The van der Waals surface area contributed by atoms with Crippen LogP contribution in [0.1, 0.15) is 10.6 Å². The number of halogens is 1. The lowest BCUT2D eigenvalue weighted by atomic mass is 10.1. The number of rotatable bonds is 4. The summed E-state index contributed by atoms with van der Waals surface area (Å²) in [7, 11) is 0. The molecule has 0 aliphatic rings. The molecule has 1 heterocycles. The maximum atomic E-state index is 12.2. The molecule has 3 nitrogen and oxygen atoms in total. The van der Waals surface area contributed by atoms with Gasteiger partial charge >= 0.3 is 0 Å². The van der Waals surface area contributed by atoms with E-state index in [-0.39, 0.29) is 5.91 Å². The lowest BCUT2D eigenvalue weighted by Gasteiger charge is -2.07. The standard InChI is InChI=1S/C18H15ClN2OS/c1-12-20-17(11-23-12)14-3-2-4-16(10-14)21-18(22)9-13-5-7-15(19)8-6-13/h2-8,10-11H,9H2,1H3,(H,21,22). The number of nitrogens with one attached hydrogen (secondary N) is 1. The first-order valence-corrected chi connectivity index (χ1v) is 8.43. The molecule has 0 fully saturated rings. The van der Waals surface area contributed by atoms with Gasteiger partial charge in [0.05, 0.1) is 17.1 Å². The van der Waals surface area contributed by atoms with E-state index in [0.29, 0.717) is 11.4 Å². The molecular formula is C18H15ClN2OS. The van der Waals surface area contributed by atoms with Crippen molar-refractivity contribution in [1.29, 1.82) is 0 Å². The van der Waals surface area contributed by atoms with Gasteiger partial charge in [-0.3, -0.25) is 4.79 Å². The molecule has 1 amide bonds. The van der Waals surface area contributed by atoms with Gasteiger partial charge in [-0.1, -0.05) is 35.9 Å². The first-order chi connectivity index (χ1) is 11.1. The molecule has 0 aliphatic carbocycles. The van der Waals surface area contributed by atoms with E-state index < -0.39 is 0 Å². The minimum atomic E-state index is -0.0565.